The first-order chi connectivity index (χ1) is 9.37. The fraction of sp³-hybridized carbons (Fsp3) is 1.00. The van der Waals surface area contributed by atoms with Crippen molar-refractivity contribution in [3.8, 4) is 0 Å². The Bertz CT molecular complexity index is 472. The Balaban J connectivity index is 5.32. The molecule has 9 N–H and O–H groups in total. The molecule has 0 aromatic heterocycles. The van der Waals surface area contributed by atoms with Crippen LogP contribution in [0.2, 0.25) is 0 Å². The molecule has 0 aliphatic rings. The molecule has 0 atom stereocenters. The lowest BCUT2D eigenvalue weighted by atomic mass is 10.4. The standard InChI is InChI=1S/C3H14N2O13P4/c6-3(1-4(19(7,8)9)20(10,11)12)2-5(21(13,14)15)22(16,17)18/h3,6H,1-2H2,(H2,7,8,9)(H2,10,11,12)(H2,13,14,15)(H2,16,17,18). The first kappa shape index (κ1) is 22.5. The van der Waals surface area contributed by atoms with Gasteiger partial charge in [-0.05, 0) is 0 Å². The van der Waals surface area contributed by atoms with Gasteiger partial charge < -0.3 is 44.3 Å². The Kier molecular flexibility index (Phi) is 7.31. The lowest BCUT2D eigenvalue weighted by molar-refractivity contribution is 0.123. The molecule has 0 saturated carbocycles. The van der Waals surface area contributed by atoms with Crippen molar-refractivity contribution in [3.05, 3.63) is 0 Å². The van der Waals surface area contributed by atoms with Crippen molar-refractivity contribution < 1.29 is 62.5 Å². The largest absolute Gasteiger partial charge is 0.412 e. The highest BCUT2D eigenvalue weighted by molar-refractivity contribution is 7.65. The predicted molar refractivity (Wildman–Crippen MR) is 67.6 cm³/mol. The van der Waals surface area contributed by atoms with E-state index < -0.39 is 59.1 Å². The summed E-state index contributed by atoms with van der Waals surface area (Å²) in [4.78, 5) is 69.8. The summed E-state index contributed by atoms with van der Waals surface area (Å²) in [6, 6.07) is 0. The van der Waals surface area contributed by atoms with E-state index in [0.29, 0.717) is 0 Å². The van der Waals surface area contributed by atoms with Gasteiger partial charge in [0.25, 0.3) is 0 Å². The molecule has 0 rings (SSSR count). The zero-order valence-corrected chi connectivity index (χ0v) is 13.9. The number of nitrogens with zero attached hydrogens (tertiary/aromatic N) is 2. The monoisotopic (exact) mass is 410 g/mol. The minimum Gasteiger partial charge on any atom is -0.390 e. The van der Waals surface area contributed by atoms with Crippen LogP contribution in [0.4, 0.5) is 0 Å². The lowest BCUT2D eigenvalue weighted by Crippen LogP contribution is -2.35. The molecule has 0 aliphatic heterocycles. The van der Waals surface area contributed by atoms with Gasteiger partial charge in [-0.25, -0.2) is 18.3 Å². The Morgan fingerprint density at radius 3 is 0.909 bits per heavy atom. The number of aliphatic hydroxyl groups is 1. The highest BCUT2D eigenvalue weighted by Gasteiger charge is 2.44. The predicted octanol–water partition coefficient (Wildman–Crippen LogP) is -2.68. The Morgan fingerprint density at radius 1 is 0.591 bits per heavy atom. The van der Waals surface area contributed by atoms with Gasteiger partial charge >= 0.3 is 31.0 Å². The molecular weight excluding hydrogens is 396 g/mol. The van der Waals surface area contributed by atoms with E-state index in [1.54, 1.807) is 0 Å². The SMILES string of the molecule is O=P(O)(O)N(CC(O)CN(P(=O)(O)O)P(=O)(O)O)P(=O)(O)O. The summed E-state index contributed by atoms with van der Waals surface area (Å²) in [7, 11) is -22.3. The van der Waals surface area contributed by atoms with Crippen LogP contribution >= 0.6 is 31.0 Å². The van der Waals surface area contributed by atoms with Crippen LogP contribution in [0, 0.1) is 0 Å². The Labute approximate surface area is 122 Å². The number of rotatable bonds is 8. The maximum Gasteiger partial charge on any atom is 0.412 e. The van der Waals surface area contributed by atoms with Crippen LogP contribution in [0.25, 0.3) is 0 Å². The quantitative estimate of drug-likeness (QED) is 0.185. The number of hydrogen-bond donors (Lipinski definition) is 9. The molecule has 0 aromatic carbocycles. The third-order valence-electron chi connectivity index (χ3n) is 1.95. The van der Waals surface area contributed by atoms with Crippen molar-refractivity contribution in [3.63, 3.8) is 0 Å². The van der Waals surface area contributed by atoms with E-state index in [1.807, 2.05) is 0 Å². The third kappa shape index (κ3) is 7.37. The molecule has 15 nitrogen and oxygen atoms in total. The van der Waals surface area contributed by atoms with Crippen molar-refractivity contribution >= 4 is 31.0 Å². The summed E-state index contributed by atoms with van der Waals surface area (Å²) in [5, 5.41) is 9.39. The molecule has 0 saturated heterocycles. The van der Waals surface area contributed by atoms with E-state index in [2.05, 4.69) is 0 Å². The maximum atomic E-state index is 10.9. The van der Waals surface area contributed by atoms with Crippen molar-refractivity contribution in [2.24, 2.45) is 0 Å². The molecule has 22 heavy (non-hydrogen) atoms. The van der Waals surface area contributed by atoms with Crippen LogP contribution in [0.3, 0.4) is 0 Å². The minimum atomic E-state index is -5.57. The molecule has 134 valence electrons. The van der Waals surface area contributed by atoms with E-state index in [1.165, 1.54) is 0 Å². The minimum absolute atomic E-state index is 0.776. The van der Waals surface area contributed by atoms with Gasteiger partial charge in [-0.15, -0.1) is 8.88 Å². The fourth-order valence-electron chi connectivity index (χ4n) is 1.16. The fourth-order valence-corrected chi connectivity index (χ4v) is 5.20. The summed E-state index contributed by atoms with van der Waals surface area (Å²) >= 11 is 0. The van der Waals surface area contributed by atoms with Crippen LogP contribution in [-0.4, -0.2) is 72.3 Å². The van der Waals surface area contributed by atoms with Gasteiger partial charge in [0.2, 0.25) is 0 Å². The molecular formula is C3H14N2O13P4. The highest BCUT2D eigenvalue weighted by atomic mass is 31.3. The van der Waals surface area contributed by atoms with E-state index in [4.69, 9.17) is 39.1 Å². The van der Waals surface area contributed by atoms with E-state index >= 15 is 0 Å². The van der Waals surface area contributed by atoms with Gasteiger partial charge in [0.05, 0.1) is 6.10 Å². The van der Waals surface area contributed by atoms with Crippen LogP contribution in [0.1, 0.15) is 0 Å². The summed E-state index contributed by atoms with van der Waals surface area (Å²) in [5.74, 6) is 0. The van der Waals surface area contributed by atoms with Crippen LogP contribution < -0.4 is 0 Å². The molecule has 19 heteroatoms. The molecule has 0 aliphatic carbocycles. The van der Waals surface area contributed by atoms with Gasteiger partial charge in [-0.3, -0.25) is 0 Å². The molecule has 0 spiro atoms. The van der Waals surface area contributed by atoms with Crippen LogP contribution in [0.5, 0.6) is 0 Å². The van der Waals surface area contributed by atoms with Gasteiger partial charge in [0, 0.05) is 13.1 Å². The molecule has 0 aromatic rings. The average molecular weight is 410 g/mol. The zero-order valence-electron chi connectivity index (χ0n) is 10.3. The van der Waals surface area contributed by atoms with Gasteiger partial charge in [0.1, 0.15) is 0 Å². The van der Waals surface area contributed by atoms with Gasteiger partial charge in [-0.1, -0.05) is 0 Å². The summed E-state index contributed by atoms with van der Waals surface area (Å²) in [5.41, 5.74) is 0. The number of hydrogen-bond acceptors (Lipinski definition) is 5. The molecule has 0 heterocycles. The first-order valence-corrected chi connectivity index (χ1v) is 11.1. The van der Waals surface area contributed by atoms with Crippen molar-refractivity contribution in [2.45, 2.75) is 6.10 Å². The van der Waals surface area contributed by atoms with Crippen LogP contribution in [0.15, 0.2) is 0 Å². The second kappa shape index (κ2) is 7.16. The Morgan fingerprint density at radius 2 is 0.773 bits per heavy atom. The smallest absolute Gasteiger partial charge is 0.390 e. The maximum absolute atomic E-state index is 10.9. The summed E-state index contributed by atoms with van der Waals surface area (Å²) in [6.45, 7) is -3.05. The molecule has 0 bridgehead atoms. The number of aliphatic hydroxyl groups excluding tert-OH is 1. The average Bonchev–Trinajstić information content (AvgIpc) is 2.15. The van der Waals surface area contributed by atoms with E-state index in [-0.39, 0.29) is 0 Å². The third-order valence-corrected chi connectivity index (χ3v) is 7.81. The Hall–Kier alpha value is 0.480. The van der Waals surface area contributed by atoms with E-state index in [9.17, 15) is 23.4 Å². The molecule has 0 fully saturated rings. The molecule has 0 radical (unpaired) electrons. The highest BCUT2D eigenvalue weighted by Crippen LogP contribution is 2.59. The second-order valence-corrected chi connectivity index (χ2v) is 10.5. The van der Waals surface area contributed by atoms with Crippen molar-refractivity contribution in [1.82, 2.24) is 8.88 Å². The normalized spacial score (nSPS) is 15.1. The second-order valence-electron chi connectivity index (χ2n) is 3.82. The van der Waals surface area contributed by atoms with Gasteiger partial charge in [0.15, 0.2) is 0 Å². The summed E-state index contributed by atoms with van der Waals surface area (Å²) in [6.07, 6.45) is -2.33. The molecule has 0 unspecified atom stereocenters. The lowest BCUT2D eigenvalue weighted by Gasteiger charge is -2.29. The molecule has 0 amide bonds. The van der Waals surface area contributed by atoms with Crippen molar-refractivity contribution in [1.29, 1.82) is 0 Å². The van der Waals surface area contributed by atoms with Crippen LogP contribution in [-0.2, 0) is 18.3 Å². The van der Waals surface area contributed by atoms with Gasteiger partial charge in [-0.2, -0.15) is 0 Å². The van der Waals surface area contributed by atoms with Crippen molar-refractivity contribution in [2.75, 3.05) is 13.1 Å². The van der Waals surface area contributed by atoms with E-state index in [0.717, 1.165) is 0 Å². The summed E-state index contributed by atoms with van der Waals surface area (Å²) < 4.78 is 42.0. The topological polar surface area (TPSA) is 257 Å². The zero-order chi connectivity index (χ0) is 18.1. The first-order valence-electron chi connectivity index (χ1n) is 4.84.